The van der Waals surface area contributed by atoms with Crippen LogP contribution in [0, 0.1) is 0 Å². The molecule has 0 aliphatic heterocycles. The Morgan fingerprint density at radius 2 is 1.84 bits per heavy atom. The van der Waals surface area contributed by atoms with Crippen molar-refractivity contribution in [3.8, 4) is 17.0 Å². The Kier molecular flexibility index (Phi) is 5.51. The van der Waals surface area contributed by atoms with Crippen LogP contribution in [0.25, 0.3) is 26.4 Å². The monoisotopic (exact) mass is 438 g/mol. The summed E-state index contributed by atoms with van der Waals surface area (Å²) in [6.45, 7) is 5.14. The van der Waals surface area contributed by atoms with Crippen molar-refractivity contribution < 1.29 is 23.8 Å². The smallest absolute Gasteiger partial charge is 0.352 e. The van der Waals surface area contributed by atoms with Gasteiger partial charge in [-0.1, -0.05) is 35.6 Å². The number of nitrogens with zero attached hydrogens (tertiary/aromatic N) is 2. The lowest BCUT2D eigenvalue weighted by atomic mass is 10.1. The first-order valence-corrected chi connectivity index (χ1v) is 10.5. The molecular weight excluding hydrogens is 416 g/mol. The maximum Gasteiger partial charge on any atom is 0.352 e. The molecule has 0 fully saturated rings. The Bertz CT molecular complexity index is 1270. The summed E-state index contributed by atoms with van der Waals surface area (Å²) in [4.78, 5) is 30.3. The third-order valence-electron chi connectivity index (χ3n) is 4.42. The molecule has 1 atom stereocenters. The van der Waals surface area contributed by atoms with E-state index in [0.29, 0.717) is 0 Å². The fourth-order valence-electron chi connectivity index (χ4n) is 3.12. The second-order valence-electron chi connectivity index (χ2n) is 7.95. The zero-order valence-corrected chi connectivity index (χ0v) is 18.4. The van der Waals surface area contributed by atoms with E-state index in [1.165, 1.54) is 7.11 Å². The van der Waals surface area contributed by atoms with Gasteiger partial charge in [0.1, 0.15) is 11.4 Å². The van der Waals surface area contributed by atoms with E-state index < -0.39 is 23.6 Å². The predicted octanol–water partition coefficient (Wildman–Crippen LogP) is 4.48. The molecule has 0 N–H and O–H groups in total. The maximum atomic E-state index is 12.5. The van der Waals surface area contributed by atoms with E-state index >= 15 is 0 Å². The van der Waals surface area contributed by atoms with Gasteiger partial charge in [0.05, 0.1) is 15.9 Å². The van der Waals surface area contributed by atoms with Crippen molar-refractivity contribution in [2.24, 2.45) is 0 Å². The zero-order valence-electron chi connectivity index (χ0n) is 17.6. The molecule has 7 nitrogen and oxygen atoms in total. The van der Waals surface area contributed by atoms with E-state index in [1.807, 2.05) is 34.9 Å². The Balaban J connectivity index is 1.56. The van der Waals surface area contributed by atoms with Crippen molar-refractivity contribution in [1.82, 2.24) is 9.38 Å². The third-order valence-corrected chi connectivity index (χ3v) is 5.45. The minimum absolute atomic E-state index is 0.286. The van der Waals surface area contributed by atoms with Crippen LogP contribution in [0.15, 0.2) is 54.7 Å². The number of para-hydroxylation sites is 1. The van der Waals surface area contributed by atoms with Gasteiger partial charge in [-0.05, 0) is 45.0 Å². The highest BCUT2D eigenvalue weighted by atomic mass is 32.1. The number of imidazole rings is 1. The topological polar surface area (TPSA) is 79.1 Å². The van der Waals surface area contributed by atoms with E-state index in [9.17, 15) is 9.59 Å². The van der Waals surface area contributed by atoms with Gasteiger partial charge in [0.25, 0.3) is 6.10 Å². The number of fused-ring (bicyclic) bond motifs is 3. The van der Waals surface area contributed by atoms with Gasteiger partial charge in [0.15, 0.2) is 4.96 Å². The lowest BCUT2D eigenvalue weighted by Gasteiger charge is -2.22. The van der Waals surface area contributed by atoms with E-state index in [2.05, 4.69) is 6.07 Å². The molecule has 0 aliphatic rings. The van der Waals surface area contributed by atoms with Gasteiger partial charge in [-0.2, -0.15) is 0 Å². The second-order valence-corrected chi connectivity index (χ2v) is 8.96. The number of carbonyl (C=O) groups is 2. The number of ether oxygens (including phenoxy) is 3. The lowest BCUT2D eigenvalue weighted by molar-refractivity contribution is -0.174. The van der Waals surface area contributed by atoms with Crippen molar-refractivity contribution in [1.29, 1.82) is 0 Å². The number of hydrogen-bond donors (Lipinski definition) is 0. The summed E-state index contributed by atoms with van der Waals surface area (Å²) in [5.41, 5.74) is 1.89. The van der Waals surface area contributed by atoms with Crippen LogP contribution >= 0.6 is 11.3 Å². The molecule has 0 saturated carbocycles. The van der Waals surface area contributed by atoms with Gasteiger partial charge >= 0.3 is 11.9 Å². The van der Waals surface area contributed by atoms with Crippen LogP contribution in [0.2, 0.25) is 0 Å². The van der Waals surface area contributed by atoms with Gasteiger partial charge < -0.3 is 14.2 Å². The molecule has 0 amide bonds. The fraction of sp³-hybridized carbons (Fsp3) is 0.261. The molecule has 2 heterocycles. The maximum absolute atomic E-state index is 12.5. The molecule has 1 unspecified atom stereocenters. The number of esters is 2. The van der Waals surface area contributed by atoms with Crippen LogP contribution in [0.4, 0.5) is 0 Å². The van der Waals surface area contributed by atoms with Crippen molar-refractivity contribution in [2.45, 2.75) is 32.5 Å². The molecule has 0 spiro atoms. The number of thiazole rings is 1. The van der Waals surface area contributed by atoms with Gasteiger partial charge in [-0.3, -0.25) is 4.40 Å². The molecule has 0 bridgehead atoms. The van der Waals surface area contributed by atoms with Gasteiger partial charge in [0.2, 0.25) is 0 Å². The largest absolute Gasteiger partial charge is 0.458 e. The van der Waals surface area contributed by atoms with E-state index in [1.54, 1.807) is 50.3 Å². The Hall–Kier alpha value is -3.23. The number of hydrogen-bond acceptors (Lipinski definition) is 7. The minimum atomic E-state index is -1.47. The van der Waals surface area contributed by atoms with Crippen LogP contribution in [0.5, 0.6) is 5.75 Å². The van der Waals surface area contributed by atoms with Crippen molar-refractivity contribution in [2.75, 3.05) is 7.11 Å². The first-order chi connectivity index (χ1) is 14.7. The van der Waals surface area contributed by atoms with Gasteiger partial charge in [0, 0.05) is 18.9 Å². The molecule has 2 aromatic carbocycles. The molecule has 0 aliphatic carbocycles. The zero-order chi connectivity index (χ0) is 22.2. The SMILES string of the molecule is COC(C(=O)Oc1cccc(-c2cn3c(n2)sc2ccccc23)c1)C(=O)OC(C)(C)C. The predicted molar refractivity (Wildman–Crippen MR) is 118 cm³/mol. The fourth-order valence-corrected chi connectivity index (χ4v) is 4.13. The Morgan fingerprint density at radius 1 is 1.06 bits per heavy atom. The summed E-state index contributed by atoms with van der Waals surface area (Å²) in [5, 5.41) is 0. The summed E-state index contributed by atoms with van der Waals surface area (Å²) >= 11 is 1.61. The number of methoxy groups -OCH3 is 1. The van der Waals surface area contributed by atoms with Crippen molar-refractivity contribution >= 4 is 38.5 Å². The normalized spacial score (nSPS) is 12.8. The van der Waals surface area contributed by atoms with Crippen molar-refractivity contribution in [3.05, 3.63) is 54.7 Å². The van der Waals surface area contributed by atoms with Gasteiger partial charge in [-0.15, -0.1) is 0 Å². The lowest BCUT2D eigenvalue weighted by Crippen LogP contribution is -2.40. The summed E-state index contributed by atoms with van der Waals surface area (Å²) in [6.07, 6.45) is 0.487. The molecule has 0 radical (unpaired) electrons. The van der Waals surface area contributed by atoms with E-state index in [-0.39, 0.29) is 5.75 Å². The van der Waals surface area contributed by atoms with Gasteiger partial charge in [-0.25, -0.2) is 14.6 Å². The molecule has 8 heteroatoms. The highest BCUT2D eigenvalue weighted by molar-refractivity contribution is 7.23. The van der Waals surface area contributed by atoms with Crippen LogP contribution in [0.3, 0.4) is 0 Å². The number of carbonyl (C=O) groups excluding carboxylic acids is 2. The second kappa shape index (κ2) is 8.13. The van der Waals surface area contributed by atoms with Crippen LogP contribution in [0.1, 0.15) is 20.8 Å². The first kappa shape index (κ1) is 21.0. The molecular formula is C23H22N2O5S. The first-order valence-electron chi connectivity index (χ1n) is 9.69. The van der Waals surface area contributed by atoms with Crippen LogP contribution in [-0.2, 0) is 19.1 Å². The summed E-state index contributed by atoms with van der Waals surface area (Å²) in [7, 11) is 1.26. The minimum Gasteiger partial charge on any atom is -0.458 e. The number of aromatic nitrogens is 2. The van der Waals surface area contributed by atoms with Crippen LogP contribution in [-0.4, -0.2) is 40.1 Å². The van der Waals surface area contributed by atoms with E-state index in [4.69, 9.17) is 19.2 Å². The quantitative estimate of drug-likeness (QED) is 0.260. The molecule has 160 valence electrons. The number of rotatable bonds is 5. The third kappa shape index (κ3) is 4.45. The molecule has 4 aromatic rings. The molecule has 31 heavy (non-hydrogen) atoms. The highest BCUT2D eigenvalue weighted by Gasteiger charge is 2.33. The Labute approximate surface area is 183 Å². The summed E-state index contributed by atoms with van der Waals surface area (Å²) in [5.74, 6) is -1.35. The molecule has 4 rings (SSSR count). The number of benzene rings is 2. The summed E-state index contributed by atoms with van der Waals surface area (Å²) < 4.78 is 18.8. The Morgan fingerprint density at radius 3 is 2.58 bits per heavy atom. The average molecular weight is 439 g/mol. The molecule has 2 aromatic heterocycles. The average Bonchev–Trinajstić information content (AvgIpc) is 3.25. The molecule has 0 saturated heterocycles. The highest BCUT2D eigenvalue weighted by Crippen LogP contribution is 2.30. The summed E-state index contributed by atoms with van der Waals surface area (Å²) in [6, 6.07) is 15.1. The van der Waals surface area contributed by atoms with Crippen LogP contribution < -0.4 is 4.74 Å². The standard InChI is InChI=1S/C23H22N2O5S/c1-23(2,3)30-21(27)19(28-4)20(26)29-15-9-7-8-14(12-15)16-13-25-17-10-5-6-11-18(17)31-22(25)24-16/h5-13,19H,1-4H3. The van der Waals surface area contributed by atoms with E-state index in [0.717, 1.165) is 26.4 Å². The van der Waals surface area contributed by atoms with Crippen molar-refractivity contribution in [3.63, 3.8) is 0 Å².